The molecule has 1 heterocycles. The summed E-state index contributed by atoms with van der Waals surface area (Å²) in [6.45, 7) is 1.88. The van der Waals surface area contributed by atoms with Crippen LogP contribution in [0.15, 0.2) is 18.2 Å². The minimum atomic E-state index is -0.384. The molecule has 0 aliphatic carbocycles. The van der Waals surface area contributed by atoms with Crippen LogP contribution in [0, 0.1) is 18.2 Å². The molecule has 1 aliphatic heterocycles. The van der Waals surface area contributed by atoms with Gasteiger partial charge in [0.2, 0.25) is 0 Å². The zero-order chi connectivity index (χ0) is 9.26. The molecule has 1 fully saturated rings. The van der Waals surface area contributed by atoms with Gasteiger partial charge in [-0.05, 0) is 31.0 Å². The lowest BCUT2D eigenvalue weighted by atomic mass is 10.0. The molecule has 2 rings (SSSR count). The average molecular weight is 182 g/mol. The van der Waals surface area contributed by atoms with Gasteiger partial charge in [0.25, 0.3) is 0 Å². The largest absolute Gasteiger partial charge is 0.306 e. The first-order valence-corrected chi connectivity index (χ1v) is 4.30. The quantitative estimate of drug-likeness (QED) is 0.703. The van der Waals surface area contributed by atoms with Crippen LogP contribution in [0.2, 0.25) is 0 Å². The van der Waals surface area contributed by atoms with Gasteiger partial charge in [0.05, 0.1) is 0 Å². The van der Waals surface area contributed by atoms with E-state index in [1.54, 1.807) is 0 Å². The van der Waals surface area contributed by atoms with Crippen molar-refractivity contribution in [3.05, 3.63) is 41.9 Å². The maximum atomic E-state index is 13.2. The lowest BCUT2D eigenvalue weighted by Crippen LogP contribution is -2.11. The third kappa shape index (κ3) is 1.70. The van der Waals surface area contributed by atoms with E-state index in [4.69, 9.17) is 0 Å². The number of hydrogen-bond acceptors (Lipinski definition) is 1. The van der Waals surface area contributed by atoms with Crippen LogP contribution in [0.4, 0.5) is 8.78 Å². The van der Waals surface area contributed by atoms with Gasteiger partial charge in [-0.25, -0.2) is 8.78 Å². The summed E-state index contributed by atoms with van der Waals surface area (Å²) in [5.41, 5.74) is 0.425. The topological polar surface area (TPSA) is 12.0 Å². The third-order valence-electron chi connectivity index (χ3n) is 2.25. The van der Waals surface area contributed by atoms with Gasteiger partial charge in [-0.3, -0.25) is 0 Å². The van der Waals surface area contributed by atoms with Gasteiger partial charge in [-0.1, -0.05) is 0 Å². The molecule has 3 heteroatoms. The first kappa shape index (κ1) is 8.63. The summed E-state index contributed by atoms with van der Waals surface area (Å²) in [5, 5.41) is 3.01. The summed E-state index contributed by atoms with van der Waals surface area (Å²) in [6, 6.07) is 3.50. The molecule has 1 N–H and O–H groups in total. The first-order chi connectivity index (χ1) is 6.27. The van der Waals surface area contributed by atoms with Gasteiger partial charge in [-0.15, -0.1) is 0 Å². The van der Waals surface area contributed by atoms with Crippen molar-refractivity contribution < 1.29 is 8.78 Å². The average Bonchev–Trinajstić information content (AvgIpc) is 2.61. The Bertz CT molecular complexity index is 306. The molecule has 1 unspecified atom stereocenters. The summed E-state index contributed by atoms with van der Waals surface area (Å²) in [4.78, 5) is 0. The SMILES string of the molecule is Fc1ccc(F)c(C2CC[CH]N2)c1. The van der Waals surface area contributed by atoms with E-state index in [9.17, 15) is 8.78 Å². The number of halogens is 2. The van der Waals surface area contributed by atoms with E-state index in [1.165, 1.54) is 12.1 Å². The van der Waals surface area contributed by atoms with Gasteiger partial charge in [-0.2, -0.15) is 0 Å². The van der Waals surface area contributed by atoms with E-state index in [0.29, 0.717) is 5.56 Å². The third-order valence-corrected chi connectivity index (χ3v) is 2.25. The Kier molecular flexibility index (Phi) is 2.27. The van der Waals surface area contributed by atoms with Gasteiger partial charge in [0, 0.05) is 18.2 Å². The van der Waals surface area contributed by atoms with Crippen LogP contribution in [0.1, 0.15) is 24.4 Å². The molecular weight excluding hydrogens is 172 g/mol. The van der Waals surface area contributed by atoms with Crippen molar-refractivity contribution >= 4 is 0 Å². The number of nitrogens with one attached hydrogen (secondary N) is 1. The fourth-order valence-electron chi connectivity index (χ4n) is 1.59. The fourth-order valence-corrected chi connectivity index (χ4v) is 1.59. The Balaban J connectivity index is 2.32. The molecule has 0 saturated carbocycles. The summed E-state index contributed by atoms with van der Waals surface area (Å²) in [5.74, 6) is -0.723. The van der Waals surface area contributed by atoms with Gasteiger partial charge < -0.3 is 5.32 Å². The van der Waals surface area contributed by atoms with Crippen molar-refractivity contribution in [3.8, 4) is 0 Å². The zero-order valence-corrected chi connectivity index (χ0v) is 7.06. The Morgan fingerprint density at radius 3 is 2.85 bits per heavy atom. The molecule has 0 amide bonds. The van der Waals surface area contributed by atoms with Crippen LogP contribution in [0.3, 0.4) is 0 Å². The molecule has 1 nitrogen and oxygen atoms in total. The van der Waals surface area contributed by atoms with E-state index < -0.39 is 0 Å². The van der Waals surface area contributed by atoms with Crippen LogP contribution in [0.25, 0.3) is 0 Å². The van der Waals surface area contributed by atoms with E-state index in [-0.39, 0.29) is 17.7 Å². The second-order valence-electron chi connectivity index (χ2n) is 3.17. The highest BCUT2D eigenvalue weighted by molar-refractivity contribution is 5.23. The molecule has 0 spiro atoms. The summed E-state index contributed by atoms with van der Waals surface area (Å²) >= 11 is 0. The van der Waals surface area contributed by atoms with Crippen molar-refractivity contribution in [3.63, 3.8) is 0 Å². The Labute approximate surface area is 75.8 Å². The standard InChI is InChI=1S/C10H10F2N/c11-7-3-4-9(12)8(6-7)10-2-1-5-13-10/h3-6,10,13H,1-2H2. The molecule has 0 aromatic heterocycles. The Hall–Kier alpha value is -0.960. The lowest BCUT2D eigenvalue weighted by molar-refractivity contribution is 0.547. The first-order valence-electron chi connectivity index (χ1n) is 4.30. The maximum Gasteiger partial charge on any atom is 0.128 e. The highest BCUT2D eigenvalue weighted by atomic mass is 19.1. The molecule has 0 bridgehead atoms. The van der Waals surface area contributed by atoms with E-state index in [1.807, 2.05) is 6.54 Å². The molecule has 1 saturated heterocycles. The van der Waals surface area contributed by atoms with Crippen molar-refractivity contribution in [1.29, 1.82) is 0 Å². The zero-order valence-electron chi connectivity index (χ0n) is 7.06. The molecule has 1 aromatic carbocycles. The van der Waals surface area contributed by atoms with E-state index in [2.05, 4.69) is 5.32 Å². The van der Waals surface area contributed by atoms with Crippen LogP contribution in [-0.4, -0.2) is 0 Å². The van der Waals surface area contributed by atoms with Gasteiger partial charge >= 0.3 is 0 Å². The highest BCUT2D eigenvalue weighted by Gasteiger charge is 2.19. The van der Waals surface area contributed by atoms with Crippen molar-refractivity contribution in [2.24, 2.45) is 0 Å². The predicted octanol–water partition coefficient (Wildman–Crippen LogP) is 2.55. The molecule has 13 heavy (non-hydrogen) atoms. The van der Waals surface area contributed by atoms with Crippen LogP contribution < -0.4 is 5.32 Å². The Morgan fingerprint density at radius 1 is 1.31 bits per heavy atom. The summed E-state index contributed by atoms with van der Waals surface area (Å²) in [6.07, 6.45) is 1.74. The van der Waals surface area contributed by atoms with E-state index >= 15 is 0 Å². The molecule has 1 radical (unpaired) electrons. The number of hydrogen-bond donors (Lipinski definition) is 1. The number of rotatable bonds is 1. The van der Waals surface area contributed by atoms with Crippen LogP contribution in [0.5, 0.6) is 0 Å². The van der Waals surface area contributed by atoms with Gasteiger partial charge in [0.1, 0.15) is 11.6 Å². The summed E-state index contributed by atoms with van der Waals surface area (Å²) < 4.78 is 26.0. The molecular formula is C10H10F2N. The molecule has 1 aliphatic rings. The Morgan fingerprint density at radius 2 is 2.15 bits per heavy atom. The van der Waals surface area contributed by atoms with E-state index in [0.717, 1.165) is 18.9 Å². The second kappa shape index (κ2) is 3.42. The normalized spacial score (nSPS) is 22.2. The maximum absolute atomic E-state index is 13.2. The molecule has 1 aromatic rings. The smallest absolute Gasteiger partial charge is 0.128 e. The van der Waals surface area contributed by atoms with Crippen LogP contribution in [-0.2, 0) is 0 Å². The lowest BCUT2D eigenvalue weighted by Gasteiger charge is -2.10. The van der Waals surface area contributed by atoms with Crippen molar-refractivity contribution in [2.45, 2.75) is 18.9 Å². The fraction of sp³-hybridized carbons (Fsp3) is 0.300. The summed E-state index contributed by atoms with van der Waals surface area (Å²) in [7, 11) is 0. The second-order valence-corrected chi connectivity index (χ2v) is 3.17. The van der Waals surface area contributed by atoms with Gasteiger partial charge in [0.15, 0.2) is 0 Å². The molecule has 69 valence electrons. The van der Waals surface area contributed by atoms with Crippen molar-refractivity contribution in [1.82, 2.24) is 5.32 Å². The monoisotopic (exact) mass is 182 g/mol. The molecule has 1 atom stereocenters. The highest BCUT2D eigenvalue weighted by Crippen LogP contribution is 2.27. The minimum Gasteiger partial charge on any atom is -0.306 e. The van der Waals surface area contributed by atoms with Crippen LogP contribution >= 0.6 is 0 Å². The predicted molar refractivity (Wildman–Crippen MR) is 45.8 cm³/mol. The van der Waals surface area contributed by atoms with Crippen molar-refractivity contribution in [2.75, 3.05) is 0 Å². The number of benzene rings is 1. The minimum absolute atomic E-state index is 0.0595.